The molecule has 0 saturated heterocycles. The van der Waals surface area contributed by atoms with E-state index in [1.165, 1.54) is 24.6 Å². The monoisotopic (exact) mass is 394 g/mol. The molecule has 27 heavy (non-hydrogen) atoms. The molecule has 1 unspecified atom stereocenters. The molecule has 1 aliphatic rings. The molecule has 1 aromatic rings. The summed E-state index contributed by atoms with van der Waals surface area (Å²) in [7, 11) is -4.10. The number of sulfonamides is 1. The number of rotatable bonds is 11. The second-order valence-electron chi connectivity index (χ2n) is 6.60. The number of carbonyl (C=O) groups is 2. The van der Waals surface area contributed by atoms with Crippen LogP contribution in [0.5, 0.6) is 5.75 Å². The number of nitrogens with two attached hydrogens (primary N) is 1. The Hall–Kier alpha value is -2.35. The number of hydrogen-bond acceptors (Lipinski definition) is 5. The van der Waals surface area contributed by atoms with Gasteiger partial charge in [-0.15, -0.1) is 0 Å². The first kappa shape index (κ1) is 21.0. The zero-order chi connectivity index (χ0) is 19.9. The zero-order valence-corrected chi connectivity index (χ0v) is 16.2. The van der Waals surface area contributed by atoms with Gasteiger partial charge < -0.3 is 10.5 Å². The van der Waals surface area contributed by atoms with Crippen molar-refractivity contribution >= 4 is 21.8 Å². The molecule has 1 saturated carbocycles. The van der Waals surface area contributed by atoms with Crippen molar-refractivity contribution in [3.05, 3.63) is 36.4 Å². The van der Waals surface area contributed by atoms with Crippen LogP contribution in [0.15, 0.2) is 41.3 Å². The minimum atomic E-state index is -4.10. The molecule has 0 aromatic heterocycles. The number of ether oxygens (including phenoxy) is 1. The summed E-state index contributed by atoms with van der Waals surface area (Å²) in [6, 6.07) is 5.79. The summed E-state index contributed by atoms with van der Waals surface area (Å²) in [5.74, 6) is -1.52. The van der Waals surface area contributed by atoms with Crippen LogP contribution >= 0.6 is 0 Å². The standard InChI is InChI=1S/C19H26N2O5S/c1-2-3-4-5-6-9-14-12-15(14)19(23)21-27(24,25)17-11-8-7-10-16(17)26-13-18(20)22/h6-11,14-15H,2-5,12-13H2,1H3,(H2,20,22)(H,21,23)/b9-6-/t14?,15-/m0/s1. The van der Waals surface area contributed by atoms with E-state index in [9.17, 15) is 18.0 Å². The van der Waals surface area contributed by atoms with Crippen molar-refractivity contribution in [2.75, 3.05) is 6.61 Å². The summed E-state index contributed by atoms with van der Waals surface area (Å²) in [5, 5.41) is 0. The molecular formula is C19H26N2O5S. The normalized spacial score (nSPS) is 19.0. The van der Waals surface area contributed by atoms with Gasteiger partial charge in [-0.05, 0) is 37.3 Å². The Morgan fingerprint density at radius 3 is 2.74 bits per heavy atom. The van der Waals surface area contributed by atoms with Crippen LogP contribution in [0.25, 0.3) is 0 Å². The summed E-state index contributed by atoms with van der Waals surface area (Å²) >= 11 is 0. The average molecular weight is 394 g/mol. The summed E-state index contributed by atoms with van der Waals surface area (Å²) in [5.41, 5.74) is 5.02. The molecular weight excluding hydrogens is 368 g/mol. The van der Waals surface area contributed by atoms with Crippen LogP contribution in [0, 0.1) is 11.8 Å². The molecule has 0 aliphatic heterocycles. The van der Waals surface area contributed by atoms with Gasteiger partial charge in [0.15, 0.2) is 6.61 Å². The number of benzene rings is 1. The molecule has 0 spiro atoms. The molecule has 8 heteroatoms. The van der Waals surface area contributed by atoms with Crippen molar-refractivity contribution in [3.8, 4) is 5.75 Å². The van der Waals surface area contributed by atoms with Gasteiger partial charge in [0.05, 0.1) is 0 Å². The van der Waals surface area contributed by atoms with E-state index in [1.807, 2.05) is 6.08 Å². The number of allylic oxidation sites excluding steroid dienone is 2. The molecule has 0 bridgehead atoms. The van der Waals surface area contributed by atoms with Crippen LogP contribution in [-0.4, -0.2) is 26.8 Å². The van der Waals surface area contributed by atoms with Crippen molar-refractivity contribution in [3.63, 3.8) is 0 Å². The minimum Gasteiger partial charge on any atom is -0.482 e. The lowest BCUT2D eigenvalue weighted by atomic mass is 10.2. The van der Waals surface area contributed by atoms with Crippen LogP contribution in [0.3, 0.4) is 0 Å². The van der Waals surface area contributed by atoms with Crippen LogP contribution in [0.4, 0.5) is 0 Å². The number of primary amides is 1. The summed E-state index contributed by atoms with van der Waals surface area (Å²) < 4.78 is 32.3. The van der Waals surface area contributed by atoms with Crippen LogP contribution in [0.1, 0.15) is 39.0 Å². The molecule has 7 nitrogen and oxygen atoms in total. The number of carbonyl (C=O) groups excluding carboxylic acids is 2. The van der Waals surface area contributed by atoms with E-state index in [4.69, 9.17) is 10.5 Å². The maximum absolute atomic E-state index is 12.5. The van der Waals surface area contributed by atoms with Gasteiger partial charge in [-0.1, -0.05) is 44.1 Å². The van der Waals surface area contributed by atoms with Gasteiger partial charge in [0.2, 0.25) is 5.91 Å². The van der Waals surface area contributed by atoms with E-state index in [0.717, 1.165) is 19.3 Å². The highest BCUT2D eigenvalue weighted by molar-refractivity contribution is 7.90. The summed E-state index contributed by atoms with van der Waals surface area (Å²) in [6.45, 7) is 1.69. The van der Waals surface area contributed by atoms with Crippen molar-refractivity contribution < 1.29 is 22.7 Å². The van der Waals surface area contributed by atoms with E-state index in [1.54, 1.807) is 6.07 Å². The van der Waals surface area contributed by atoms with Gasteiger partial charge >= 0.3 is 0 Å². The first-order valence-electron chi connectivity index (χ1n) is 9.08. The Morgan fingerprint density at radius 1 is 1.30 bits per heavy atom. The molecule has 3 N–H and O–H groups in total. The molecule has 2 rings (SSSR count). The summed E-state index contributed by atoms with van der Waals surface area (Å²) in [4.78, 5) is 22.9. The van der Waals surface area contributed by atoms with E-state index < -0.39 is 28.4 Å². The van der Waals surface area contributed by atoms with Gasteiger partial charge in [0, 0.05) is 5.92 Å². The highest BCUT2D eigenvalue weighted by Crippen LogP contribution is 2.40. The van der Waals surface area contributed by atoms with Crippen LogP contribution in [0.2, 0.25) is 0 Å². The smallest absolute Gasteiger partial charge is 0.267 e. The molecule has 1 fully saturated rings. The fourth-order valence-corrected chi connectivity index (χ4v) is 3.89. The Labute approximate surface area is 160 Å². The quantitative estimate of drug-likeness (QED) is 0.441. The second-order valence-corrected chi connectivity index (χ2v) is 8.25. The van der Waals surface area contributed by atoms with Gasteiger partial charge in [0.25, 0.3) is 15.9 Å². The molecule has 2 atom stereocenters. The number of unbranched alkanes of at least 4 members (excludes halogenated alkanes) is 3. The maximum Gasteiger partial charge on any atom is 0.267 e. The number of hydrogen-bond donors (Lipinski definition) is 2. The van der Waals surface area contributed by atoms with Gasteiger partial charge in [0.1, 0.15) is 10.6 Å². The first-order chi connectivity index (χ1) is 12.8. The fraction of sp³-hybridized carbons (Fsp3) is 0.474. The lowest BCUT2D eigenvalue weighted by Crippen LogP contribution is -2.32. The third-order valence-electron chi connectivity index (χ3n) is 4.28. The predicted octanol–water partition coefficient (Wildman–Crippen LogP) is 2.13. The maximum atomic E-state index is 12.5. The van der Waals surface area contributed by atoms with E-state index in [-0.39, 0.29) is 22.5 Å². The Kier molecular flexibility index (Phi) is 7.41. The number of para-hydroxylation sites is 1. The van der Waals surface area contributed by atoms with E-state index in [2.05, 4.69) is 17.7 Å². The third kappa shape index (κ3) is 6.39. The van der Waals surface area contributed by atoms with Crippen molar-refractivity contribution in [1.29, 1.82) is 0 Å². The lowest BCUT2D eigenvalue weighted by molar-refractivity contribution is -0.121. The molecule has 0 heterocycles. The third-order valence-corrected chi connectivity index (χ3v) is 5.66. The topological polar surface area (TPSA) is 116 Å². The Morgan fingerprint density at radius 2 is 2.04 bits per heavy atom. The zero-order valence-electron chi connectivity index (χ0n) is 15.4. The molecule has 2 amide bonds. The number of amides is 2. The van der Waals surface area contributed by atoms with E-state index in [0.29, 0.717) is 6.42 Å². The second kappa shape index (κ2) is 9.55. The van der Waals surface area contributed by atoms with Crippen molar-refractivity contribution in [2.45, 2.75) is 43.9 Å². The van der Waals surface area contributed by atoms with Crippen LogP contribution in [-0.2, 0) is 19.6 Å². The Bertz CT molecular complexity index is 804. The van der Waals surface area contributed by atoms with Gasteiger partial charge in [-0.3, -0.25) is 9.59 Å². The van der Waals surface area contributed by atoms with Gasteiger partial charge in [-0.2, -0.15) is 0 Å². The molecule has 1 aromatic carbocycles. The highest BCUT2D eigenvalue weighted by atomic mass is 32.2. The highest BCUT2D eigenvalue weighted by Gasteiger charge is 2.42. The van der Waals surface area contributed by atoms with Crippen molar-refractivity contribution in [1.82, 2.24) is 4.72 Å². The molecule has 1 aliphatic carbocycles. The number of nitrogens with one attached hydrogen (secondary N) is 1. The SMILES string of the molecule is CCCCC/C=C\C1C[C@@H]1C(=O)NS(=O)(=O)c1ccccc1OCC(N)=O. The Balaban J connectivity index is 1.95. The van der Waals surface area contributed by atoms with Crippen LogP contribution < -0.4 is 15.2 Å². The summed E-state index contributed by atoms with van der Waals surface area (Å²) in [6.07, 6.45) is 9.13. The van der Waals surface area contributed by atoms with E-state index >= 15 is 0 Å². The lowest BCUT2D eigenvalue weighted by Gasteiger charge is -2.11. The largest absolute Gasteiger partial charge is 0.482 e. The van der Waals surface area contributed by atoms with Crippen molar-refractivity contribution in [2.24, 2.45) is 17.6 Å². The average Bonchev–Trinajstić information content (AvgIpc) is 3.39. The minimum absolute atomic E-state index is 0.0280. The fourth-order valence-electron chi connectivity index (χ4n) is 2.72. The molecule has 0 radical (unpaired) electrons. The predicted molar refractivity (Wildman–Crippen MR) is 101 cm³/mol. The molecule has 148 valence electrons. The van der Waals surface area contributed by atoms with Gasteiger partial charge in [-0.25, -0.2) is 13.1 Å². The first-order valence-corrected chi connectivity index (χ1v) is 10.6.